The molecule has 1 aliphatic carbocycles. The standard InChI is InChI=1S/C24H27N5O.C2H6/c1-15(2)21-12-23(28-27-21)24(30)29-8-7-19(14-29)22-11-20(9-16(3)26-22)18-6-4-5-17(10-18)13-25;1-2/h6,9-12,15,19H,4-5,7-8,14H2,1-3H3,(H,27,28);1-2H3. The number of hydrogen-bond donors (Lipinski definition) is 1. The third-order valence-corrected chi connectivity index (χ3v) is 5.89. The highest BCUT2D eigenvalue weighted by Crippen LogP contribution is 2.31. The zero-order valence-electron chi connectivity index (χ0n) is 19.8. The normalized spacial score (nSPS) is 17.9. The number of aromatic nitrogens is 3. The number of aromatic amines is 1. The number of hydrogen-bond acceptors (Lipinski definition) is 4. The van der Waals surface area contributed by atoms with Crippen molar-refractivity contribution < 1.29 is 4.79 Å². The molecule has 0 radical (unpaired) electrons. The fraction of sp³-hybridized carbons (Fsp3) is 0.462. The van der Waals surface area contributed by atoms with Gasteiger partial charge < -0.3 is 4.90 Å². The lowest BCUT2D eigenvalue weighted by Gasteiger charge is -2.17. The van der Waals surface area contributed by atoms with Crippen molar-refractivity contribution >= 4 is 11.5 Å². The Labute approximate surface area is 191 Å². The maximum atomic E-state index is 12.9. The van der Waals surface area contributed by atoms with Crippen LogP contribution in [0.2, 0.25) is 0 Å². The second kappa shape index (κ2) is 10.4. The first-order chi connectivity index (χ1) is 15.4. The molecule has 6 nitrogen and oxygen atoms in total. The summed E-state index contributed by atoms with van der Waals surface area (Å²) in [5, 5.41) is 16.4. The zero-order valence-corrected chi connectivity index (χ0v) is 19.8. The Balaban J connectivity index is 0.00000141. The van der Waals surface area contributed by atoms with E-state index >= 15 is 0 Å². The molecule has 0 saturated carbocycles. The van der Waals surface area contributed by atoms with Crippen LogP contribution in [0.1, 0.15) is 91.9 Å². The summed E-state index contributed by atoms with van der Waals surface area (Å²) in [6.07, 6.45) is 6.76. The van der Waals surface area contributed by atoms with Gasteiger partial charge in [-0.05, 0) is 67.5 Å². The van der Waals surface area contributed by atoms with Crippen LogP contribution in [-0.2, 0) is 0 Å². The van der Waals surface area contributed by atoms with Crippen molar-refractivity contribution in [3.63, 3.8) is 0 Å². The third-order valence-electron chi connectivity index (χ3n) is 5.89. The van der Waals surface area contributed by atoms with Crippen molar-refractivity contribution in [1.29, 1.82) is 5.26 Å². The van der Waals surface area contributed by atoms with Gasteiger partial charge in [-0.15, -0.1) is 0 Å². The van der Waals surface area contributed by atoms with Gasteiger partial charge in [0.1, 0.15) is 5.69 Å². The summed E-state index contributed by atoms with van der Waals surface area (Å²) < 4.78 is 0. The molecule has 168 valence electrons. The summed E-state index contributed by atoms with van der Waals surface area (Å²) in [6, 6.07) is 8.34. The van der Waals surface area contributed by atoms with Gasteiger partial charge in [0.05, 0.1) is 6.07 Å². The highest BCUT2D eigenvalue weighted by Gasteiger charge is 2.30. The van der Waals surface area contributed by atoms with Crippen LogP contribution in [0, 0.1) is 18.3 Å². The highest BCUT2D eigenvalue weighted by molar-refractivity contribution is 5.92. The number of carbonyl (C=O) groups excluding carboxylic acids is 1. The Bertz CT molecular complexity index is 1070. The summed E-state index contributed by atoms with van der Waals surface area (Å²) in [4.78, 5) is 19.5. The Morgan fingerprint density at radius 1 is 1.28 bits per heavy atom. The van der Waals surface area contributed by atoms with Gasteiger partial charge >= 0.3 is 0 Å². The van der Waals surface area contributed by atoms with Crippen molar-refractivity contribution in [2.24, 2.45) is 0 Å². The second-order valence-corrected chi connectivity index (χ2v) is 8.50. The van der Waals surface area contributed by atoms with Gasteiger partial charge in [0.2, 0.25) is 0 Å². The van der Waals surface area contributed by atoms with E-state index in [-0.39, 0.29) is 11.8 Å². The van der Waals surface area contributed by atoms with E-state index in [2.05, 4.69) is 48.3 Å². The van der Waals surface area contributed by atoms with Crippen LogP contribution >= 0.6 is 0 Å². The molecule has 4 rings (SSSR count). The number of allylic oxidation sites excluding steroid dienone is 4. The number of likely N-dealkylation sites (tertiary alicyclic amines) is 1. The minimum absolute atomic E-state index is 0.0230. The molecule has 2 aromatic rings. The number of amides is 1. The van der Waals surface area contributed by atoms with E-state index in [1.807, 2.05) is 37.8 Å². The zero-order chi connectivity index (χ0) is 23.3. The van der Waals surface area contributed by atoms with E-state index in [4.69, 9.17) is 4.98 Å². The minimum Gasteiger partial charge on any atom is -0.337 e. The summed E-state index contributed by atoms with van der Waals surface area (Å²) in [6.45, 7) is 11.5. The van der Waals surface area contributed by atoms with Crippen LogP contribution in [0.25, 0.3) is 5.57 Å². The lowest BCUT2D eigenvalue weighted by molar-refractivity contribution is 0.0785. The molecule has 32 heavy (non-hydrogen) atoms. The Hall–Kier alpha value is -3.20. The van der Waals surface area contributed by atoms with E-state index in [0.29, 0.717) is 24.7 Å². The Morgan fingerprint density at radius 3 is 2.75 bits per heavy atom. The molecule has 1 aliphatic heterocycles. The number of aryl methyl sites for hydroxylation is 1. The number of rotatable bonds is 4. The van der Waals surface area contributed by atoms with E-state index in [1.54, 1.807) is 0 Å². The van der Waals surface area contributed by atoms with E-state index in [0.717, 1.165) is 53.1 Å². The molecule has 1 fully saturated rings. The molecule has 2 aromatic heterocycles. The van der Waals surface area contributed by atoms with Crippen molar-refractivity contribution in [3.05, 3.63) is 64.3 Å². The van der Waals surface area contributed by atoms with E-state index in [1.165, 1.54) is 0 Å². The van der Waals surface area contributed by atoms with Gasteiger partial charge in [-0.25, -0.2) is 0 Å². The van der Waals surface area contributed by atoms with Gasteiger partial charge in [0.15, 0.2) is 0 Å². The number of H-pyrrole nitrogens is 1. The minimum atomic E-state index is -0.0230. The Morgan fingerprint density at radius 2 is 2.06 bits per heavy atom. The third kappa shape index (κ3) is 5.16. The van der Waals surface area contributed by atoms with Crippen LogP contribution in [0.4, 0.5) is 0 Å². The summed E-state index contributed by atoms with van der Waals surface area (Å²) in [5.74, 6) is 0.495. The van der Waals surface area contributed by atoms with Gasteiger partial charge in [-0.2, -0.15) is 10.4 Å². The molecular weight excluding hydrogens is 398 g/mol. The van der Waals surface area contributed by atoms with Crippen molar-refractivity contribution in [2.45, 2.75) is 65.7 Å². The molecule has 6 heteroatoms. The van der Waals surface area contributed by atoms with Gasteiger partial charge in [-0.3, -0.25) is 14.9 Å². The molecule has 1 unspecified atom stereocenters. The molecule has 1 atom stereocenters. The van der Waals surface area contributed by atoms with Crippen molar-refractivity contribution in [3.8, 4) is 6.07 Å². The number of nitriles is 1. The lowest BCUT2D eigenvalue weighted by Crippen LogP contribution is -2.28. The first-order valence-electron chi connectivity index (χ1n) is 11.6. The summed E-state index contributed by atoms with van der Waals surface area (Å²) in [7, 11) is 0. The van der Waals surface area contributed by atoms with Crippen LogP contribution in [0.5, 0.6) is 0 Å². The van der Waals surface area contributed by atoms with Gasteiger partial charge in [-0.1, -0.05) is 33.8 Å². The van der Waals surface area contributed by atoms with Crippen molar-refractivity contribution in [1.82, 2.24) is 20.1 Å². The predicted molar refractivity (Wildman–Crippen MR) is 127 cm³/mol. The number of nitrogens with one attached hydrogen (secondary N) is 1. The molecule has 0 aromatic carbocycles. The Kier molecular flexibility index (Phi) is 7.63. The average molecular weight is 432 g/mol. The quantitative estimate of drug-likeness (QED) is 0.691. The average Bonchev–Trinajstić information content (AvgIpc) is 3.50. The van der Waals surface area contributed by atoms with Crippen LogP contribution in [0.3, 0.4) is 0 Å². The van der Waals surface area contributed by atoms with Gasteiger partial charge in [0.25, 0.3) is 5.91 Å². The van der Waals surface area contributed by atoms with Crippen molar-refractivity contribution in [2.75, 3.05) is 13.1 Å². The van der Waals surface area contributed by atoms with Crippen LogP contribution in [0.15, 0.2) is 35.9 Å². The predicted octanol–water partition coefficient (Wildman–Crippen LogP) is 5.52. The maximum Gasteiger partial charge on any atom is 0.274 e. The molecule has 3 heterocycles. The molecule has 0 bridgehead atoms. The molecule has 2 aliphatic rings. The molecule has 1 saturated heterocycles. The topological polar surface area (TPSA) is 85.7 Å². The monoisotopic (exact) mass is 431 g/mol. The SMILES string of the molecule is CC.Cc1cc(C2=CCCC(C#N)=C2)cc(C2CCN(C(=O)c3cc(C(C)C)[nH]n3)C2)n1. The molecule has 0 spiro atoms. The van der Waals surface area contributed by atoms with E-state index < -0.39 is 0 Å². The fourth-order valence-electron chi connectivity index (χ4n) is 4.15. The number of carbonyl (C=O) groups is 1. The largest absolute Gasteiger partial charge is 0.337 e. The van der Waals surface area contributed by atoms with Gasteiger partial charge in [0, 0.05) is 41.7 Å². The lowest BCUT2D eigenvalue weighted by atomic mass is 9.93. The number of pyridine rings is 1. The van der Waals surface area contributed by atoms with Crippen LogP contribution < -0.4 is 0 Å². The smallest absolute Gasteiger partial charge is 0.274 e. The number of nitrogens with zero attached hydrogens (tertiary/aromatic N) is 4. The summed E-state index contributed by atoms with van der Waals surface area (Å²) in [5.41, 5.74) is 6.45. The maximum absolute atomic E-state index is 12.9. The molecular formula is C26H33N5O. The second-order valence-electron chi connectivity index (χ2n) is 8.50. The van der Waals surface area contributed by atoms with E-state index in [9.17, 15) is 10.1 Å². The molecule has 1 amide bonds. The summed E-state index contributed by atoms with van der Waals surface area (Å²) >= 11 is 0. The first-order valence-corrected chi connectivity index (χ1v) is 11.6. The highest BCUT2D eigenvalue weighted by atomic mass is 16.2. The van der Waals surface area contributed by atoms with Crippen LogP contribution in [-0.4, -0.2) is 39.1 Å². The fourth-order valence-corrected chi connectivity index (χ4v) is 4.15. The first kappa shape index (κ1) is 23.5. The molecule has 1 N–H and O–H groups in total.